The van der Waals surface area contributed by atoms with Gasteiger partial charge in [0, 0.05) is 37.2 Å². The van der Waals surface area contributed by atoms with Crippen LogP contribution >= 0.6 is 0 Å². The fourth-order valence-electron chi connectivity index (χ4n) is 6.36. The normalized spacial score (nSPS) is 25.3. The van der Waals surface area contributed by atoms with Gasteiger partial charge in [-0.15, -0.1) is 0 Å². The number of hydrogen-bond donors (Lipinski definition) is 0. The van der Waals surface area contributed by atoms with E-state index in [1.807, 2.05) is 33.8 Å². The van der Waals surface area contributed by atoms with E-state index in [9.17, 15) is 9.59 Å². The van der Waals surface area contributed by atoms with Crippen LogP contribution in [0.4, 0.5) is 10.1 Å². The van der Waals surface area contributed by atoms with E-state index in [4.69, 9.17) is 14.0 Å². The zero-order chi connectivity index (χ0) is 25.6. The van der Waals surface area contributed by atoms with Crippen molar-refractivity contribution in [3.05, 3.63) is 46.5 Å². The minimum absolute atomic E-state index is 0.115. The first-order valence-electron chi connectivity index (χ1n) is 12.8. The molecule has 6 rings (SSSR count). The summed E-state index contributed by atoms with van der Waals surface area (Å²) in [5, 5.41) is 0. The van der Waals surface area contributed by atoms with E-state index in [2.05, 4.69) is 4.57 Å². The van der Waals surface area contributed by atoms with Crippen LogP contribution in [0.15, 0.2) is 18.2 Å². The van der Waals surface area contributed by atoms with Crippen LogP contribution in [-0.4, -0.2) is 41.3 Å². The van der Waals surface area contributed by atoms with Gasteiger partial charge < -0.3 is 23.5 Å². The molecule has 2 fully saturated rings. The minimum atomic E-state index is -0.863. The molecule has 3 heterocycles. The van der Waals surface area contributed by atoms with Crippen molar-refractivity contribution in [1.82, 2.24) is 4.57 Å². The Kier molecular flexibility index (Phi) is 5.23. The van der Waals surface area contributed by atoms with Crippen LogP contribution in [0, 0.1) is 5.82 Å². The Bertz CT molecular complexity index is 1270. The Labute approximate surface area is 211 Å². The average Bonchev–Trinajstić information content (AvgIpc) is 3.53. The third-order valence-electron chi connectivity index (χ3n) is 8.88. The Balaban J connectivity index is 1.42. The molecule has 2 aliphatic heterocycles. The summed E-state index contributed by atoms with van der Waals surface area (Å²) in [7, 11) is -0.863. The van der Waals surface area contributed by atoms with Gasteiger partial charge in [-0.2, -0.15) is 0 Å². The predicted molar refractivity (Wildman–Crippen MR) is 133 cm³/mol. The number of hydrogen-bond acceptors (Lipinski definition) is 5. The molecule has 1 saturated heterocycles. The molecule has 2 aromatic rings. The zero-order valence-electron chi connectivity index (χ0n) is 21.5. The summed E-state index contributed by atoms with van der Waals surface area (Å²) in [5.41, 5.74) is 3.37. The van der Waals surface area contributed by atoms with Crippen LogP contribution in [0.1, 0.15) is 93.0 Å². The smallest absolute Gasteiger partial charge is 0.461 e. The molecule has 1 aromatic carbocycles. The Morgan fingerprint density at radius 2 is 1.81 bits per heavy atom. The number of anilines is 1. The number of carbonyl (C=O) groups excluding carboxylic acids is 2. The highest BCUT2D eigenvalue weighted by atomic mass is 19.1. The molecule has 0 N–H and O–H groups in total. The molecule has 7 nitrogen and oxygen atoms in total. The van der Waals surface area contributed by atoms with Gasteiger partial charge in [-0.05, 0) is 82.1 Å². The average molecular weight is 494 g/mol. The minimum Gasteiger partial charge on any atom is -0.461 e. The van der Waals surface area contributed by atoms with E-state index in [-0.39, 0.29) is 12.5 Å². The molecule has 2 bridgehead atoms. The second kappa shape index (κ2) is 7.92. The SMILES string of the molecule is CC(=O)OCc1c(B2OC(C)(C)C(C)(C)O2)cc(F)cc1N1CCn2c(cc3c2C2CCC3C2)C1=O. The highest BCUT2D eigenvalue weighted by Gasteiger charge is 2.53. The van der Waals surface area contributed by atoms with Crippen LogP contribution < -0.4 is 10.4 Å². The van der Waals surface area contributed by atoms with Crippen molar-refractivity contribution >= 4 is 30.1 Å². The van der Waals surface area contributed by atoms with Gasteiger partial charge in [0.15, 0.2) is 0 Å². The van der Waals surface area contributed by atoms with Crippen molar-refractivity contribution in [3.63, 3.8) is 0 Å². The number of ether oxygens (including phenoxy) is 1. The standard InChI is InChI=1S/C27H32BFN2O5/c1-15(32)34-14-20-21(28-35-26(2,3)27(4,5)36-28)11-18(29)12-22(20)31-9-8-30-23(25(31)33)13-19-16-6-7-17(10-16)24(19)30/h11-13,16-17H,6-10,14H2,1-5H3. The van der Waals surface area contributed by atoms with Gasteiger partial charge in [0.05, 0.1) is 16.9 Å². The van der Waals surface area contributed by atoms with E-state index >= 15 is 4.39 Å². The van der Waals surface area contributed by atoms with Gasteiger partial charge >= 0.3 is 13.1 Å². The van der Waals surface area contributed by atoms with Crippen molar-refractivity contribution in [2.75, 3.05) is 11.4 Å². The number of benzene rings is 1. The molecule has 2 aliphatic carbocycles. The third kappa shape index (κ3) is 3.46. The molecule has 4 aliphatic rings. The van der Waals surface area contributed by atoms with E-state index in [0.29, 0.717) is 47.3 Å². The fraction of sp³-hybridized carbons (Fsp3) is 0.556. The van der Waals surface area contributed by atoms with Gasteiger partial charge in [0.25, 0.3) is 5.91 Å². The van der Waals surface area contributed by atoms with Crippen LogP contribution in [0.3, 0.4) is 0 Å². The number of aromatic nitrogens is 1. The summed E-state index contributed by atoms with van der Waals surface area (Å²) in [6.07, 6.45) is 3.57. The molecule has 1 amide bonds. The molecular formula is C27H32BFN2O5. The lowest BCUT2D eigenvalue weighted by Crippen LogP contribution is -2.44. The van der Waals surface area contributed by atoms with Gasteiger partial charge in [-0.3, -0.25) is 9.59 Å². The van der Waals surface area contributed by atoms with E-state index in [1.54, 1.807) is 4.90 Å². The van der Waals surface area contributed by atoms with Crippen molar-refractivity contribution < 1.29 is 28.0 Å². The first-order valence-corrected chi connectivity index (χ1v) is 12.8. The lowest BCUT2D eigenvalue weighted by Gasteiger charge is -2.32. The number of amides is 1. The van der Waals surface area contributed by atoms with Crippen LogP contribution in [-0.2, 0) is 32.0 Å². The number of nitrogens with zero attached hydrogens (tertiary/aromatic N) is 2. The Hall–Kier alpha value is -2.65. The predicted octanol–water partition coefficient (Wildman–Crippen LogP) is 4.01. The summed E-state index contributed by atoms with van der Waals surface area (Å²) in [4.78, 5) is 27.2. The number of fused-ring (bicyclic) bond motifs is 7. The highest BCUT2D eigenvalue weighted by molar-refractivity contribution is 6.62. The molecule has 36 heavy (non-hydrogen) atoms. The van der Waals surface area contributed by atoms with E-state index < -0.39 is 30.1 Å². The maximum atomic E-state index is 15.1. The van der Waals surface area contributed by atoms with Crippen molar-refractivity contribution in [2.24, 2.45) is 0 Å². The van der Waals surface area contributed by atoms with Crippen molar-refractivity contribution in [2.45, 2.75) is 90.1 Å². The third-order valence-corrected chi connectivity index (χ3v) is 8.88. The van der Waals surface area contributed by atoms with Crippen molar-refractivity contribution in [3.8, 4) is 0 Å². The summed E-state index contributed by atoms with van der Waals surface area (Å²) in [6, 6.07) is 4.75. The summed E-state index contributed by atoms with van der Waals surface area (Å²) >= 11 is 0. The molecule has 1 aromatic heterocycles. The maximum absolute atomic E-state index is 15.1. The zero-order valence-corrected chi connectivity index (χ0v) is 21.5. The second-order valence-corrected chi connectivity index (χ2v) is 11.5. The Morgan fingerprint density at radius 1 is 1.11 bits per heavy atom. The molecule has 0 spiro atoms. The fourth-order valence-corrected chi connectivity index (χ4v) is 6.36. The van der Waals surface area contributed by atoms with E-state index in [1.165, 1.54) is 49.6 Å². The maximum Gasteiger partial charge on any atom is 0.495 e. The molecule has 2 unspecified atom stereocenters. The summed E-state index contributed by atoms with van der Waals surface area (Å²) in [6.45, 7) is 9.96. The van der Waals surface area contributed by atoms with Crippen LogP contribution in [0.5, 0.6) is 0 Å². The molecule has 9 heteroatoms. The summed E-state index contributed by atoms with van der Waals surface area (Å²) < 4.78 is 35.1. The van der Waals surface area contributed by atoms with Crippen molar-refractivity contribution in [1.29, 1.82) is 0 Å². The second-order valence-electron chi connectivity index (χ2n) is 11.5. The molecule has 190 valence electrons. The van der Waals surface area contributed by atoms with Gasteiger partial charge in [0.1, 0.15) is 18.1 Å². The largest absolute Gasteiger partial charge is 0.495 e. The first kappa shape index (κ1) is 23.7. The first-order chi connectivity index (χ1) is 17.0. The highest BCUT2D eigenvalue weighted by Crippen LogP contribution is 2.54. The lowest BCUT2D eigenvalue weighted by molar-refractivity contribution is -0.142. The topological polar surface area (TPSA) is 70.0 Å². The van der Waals surface area contributed by atoms with Gasteiger partial charge in [0.2, 0.25) is 0 Å². The monoisotopic (exact) mass is 494 g/mol. The number of rotatable bonds is 4. The van der Waals surface area contributed by atoms with Crippen LogP contribution in [0.2, 0.25) is 0 Å². The molecular weight excluding hydrogens is 462 g/mol. The van der Waals surface area contributed by atoms with Gasteiger partial charge in [-0.1, -0.05) is 0 Å². The summed E-state index contributed by atoms with van der Waals surface area (Å²) in [5.74, 6) is -0.0362. The number of carbonyl (C=O) groups is 2. The Morgan fingerprint density at radius 3 is 2.50 bits per heavy atom. The van der Waals surface area contributed by atoms with E-state index in [0.717, 1.165) is 0 Å². The lowest BCUT2D eigenvalue weighted by atomic mass is 9.75. The van der Waals surface area contributed by atoms with Crippen LogP contribution in [0.25, 0.3) is 0 Å². The number of halogens is 1. The molecule has 0 radical (unpaired) electrons. The van der Waals surface area contributed by atoms with Gasteiger partial charge in [-0.25, -0.2) is 4.39 Å². The quantitative estimate of drug-likeness (QED) is 0.475. The molecule has 1 saturated carbocycles. The molecule has 2 atom stereocenters. The number of esters is 1.